The SMILES string of the molecule is CN(C(=O)c1cc(S(=O)(=O)N2CCCC2)ccc1Cl)c1ccccc1-c1ccccc1. The summed E-state index contributed by atoms with van der Waals surface area (Å²) in [4.78, 5) is 15.0. The maximum Gasteiger partial charge on any atom is 0.259 e. The van der Waals surface area contributed by atoms with Crippen molar-refractivity contribution in [1.82, 2.24) is 4.31 Å². The third-order valence-electron chi connectivity index (χ3n) is 5.53. The Morgan fingerprint density at radius 1 is 0.935 bits per heavy atom. The molecule has 3 aromatic carbocycles. The quantitative estimate of drug-likeness (QED) is 0.541. The van der Waals surface area contributed by atoms with Gasteiger partial charge in [0.05, 0.1) is 21.2 Å². The fraction of sp³-hybridized carbons (Fsp3) is 0.208. The van der Waals surface area contributed by atoms with Gasteiger partial charge in [-0.3, -0.25) is 4.79 Å². The number of rotatable bonds is 5. The molecule has 160 valence electrons. The van der Waals surface area contributed by atoms with Crippen LogP contribution >= 0.6 is 11.6 Å². The molecule has 7 heteroatoms. The van der Waals surface area contributed by atoms with Crippen LogP contribution < -0.4 is 4.90 Å². The summed E-state index contributed by atoms with van der Waals surface area (Å²) in [6.07, 6.45) is 1.69. The highest BCUT2D eigenvalue weighted by atomic mass is 35.5. The third kappa shape index (κ3) is 4.24. The summed E-state index contributed by atoms with van der Waals surface area (Å²) in [5, 5.41) is 0.217. The number of para-hydroxylation sites is 1. The first-order valence-corrected chi connectivity index (χ1v) is 11.9. The standard InChI is InChI=1S/C24H23ClN2O3S/c1-26(23-12-6-5-11-20(23)18-9-3-2-4-10-18)24(28)21-17-19(13-14-22(21)25)31(29,30)27-15-7-8-16-27/h2-6,9-14,17H,7-8,15-16H2,1H3. The van der Waals surface area contributed by atoms with E-state index in [2.05, 4.69) is 0 Å². The van der Waals surface area contributed by atoms with Crippen molar-refractivity contribution in [2.75, 3.05) is 25.0 Å². The number of halogens is 1. The molecule has 1 amide bonds. The zero-order valence-electron chi connectivity index (χ0n) is 17.2. The summed E-state index contributed by atoms with van der Waals surface area (Å²) in [6.45, 7) is 0.997. The summed E-state index contributed by atoms with van der Waals surface area (Å²) in [5.74, 6) is -0.369. The molecule has 4 rings (SSSR count). The topological polar surface area (TPSA) is 57.7 Å². The molecule has 0 atom stereocenters. The predicted molar refractivity (Wildman–Crippen MR) is 124 cm³/mol. The normalized spacial score (nSPS) is 14.5. The number of carbonyl (C=O) groups excluding carboxylic acids is 1. The molecule has 0 aromatic heterocycles. The Morgan fingerprint density at radius 3 is 2.29 bits per heavy atom. The van der Waals surface area contributed by atoms with Crippen LogP contribution in [0.15, 0.2) is 77.7 Å². The van der Waals surface area contributed by atoms with Gasteiger partial charge in [-0.05, 0) is 42.7 Å². The van der Waals surface area contributed by atoms with Crippen LogP contribution in [0.4, 0.5) is 5.69 Å². The van der Waals surface area contributed by atoms with Gasteiger partial charge in [0.1, 0.15) is 0 Å². The second-order valence-electron chi connectivity index (χ2n) is 7.50. The number of anilines is 1. The molecule has 1 saturated heterocycles. The van der Waals surface area contributed by atoms with Crippen molar-refractivity contribution >= 4 is 33.2 Å². The molecule has 0 saturated carbocycles. The lowest BCUT2D eigenvalue weighted by molar-refractivity contribution is 0.0993. The number of hydrogen-bond donors (Lipinski definition) is 0. The van der Waals surface area contributed by atoms with Crippen LogP contribution in [0.5, 0.6) is 0 Å². The Balaban J connectivity index is 1.71. The molecule has 1 aliphatic rings. The fourth-order valence-electron chi connectivity index (χ4n) is 3.82. The van der Waals surface area contributed by atoms with Crippen molar-refractivity contribution in [3.8, 4) is 11.1 Å². The molecular weight excluding hydrogens is 432 g/mol. The van der Waals surface area contributed by atoms with Gasteiger partial charge in [0, 0.05) is 25.7 Å². The summed E-state index contributed by atoms with van der Waals surface area (Å²) in [6, 6.07) is 21.7. The van der Waals surface area contributed by atoms with Crippen molar-refractivity contribution in [1.29, 1.82) is 0 Å². The van der Waals surface area contributed by atoms with Gasteiger partial charge in [-0.1, -0.05) is 60.1 Å². The molecule has 0 N–H and O–H groups in total. The number of hydrogen-bond acceptors (Lipinski definition) is 3. The van der Waals surface area contributed by atoms with Gasteiger partial charge in [-0.2, -0.15) is 4.31 Å². The van der Waals surface area contributed by atoms with Gasteiger partial charge in [0.2, 0.25) is 10.0 Å². The highest BCUT2D eigenvalue weighted by Gasteiger charge is 2.29. The smallest absolute Gasteiger partial charge is 0.259 e. The highest BCUT2D eigenvalue weighted by molar-refractivity contribution is 7.89. The minimum Gasteiger partial charge on any atom is -0.311 e. The minimum absolute atomic E-state index is 0.0897. The van der Waals surface area contributed by atoms with Crippen LogP contribution in [0.1, 0.15) is 23.2 Å². The van der Waals surface area contributed by atoms with Crippen molar-refractivity contribution in [2.24, 2.45) is 0 Å². The lowest BCUT2D eigenvalue weighted by Crippen LogP contribution is -2.29. The largest absolute Gasteiger partial charge is 0.311 e. The van der Waals surface area contributed by atoms with Gasteiger partial charge in [-0.15, -0.1) is 0 Å². The third-order valence-corrected chi connectivity index (χ3v) is 7.75. The second-order valence-corrected chi connectivity index (χ2v) is 9.85. The van der Waals surface area contributed by atoms with Gasteiger partial charge < -0.3 is 4.90 Å². The molecule has 0 unspecified atom stereocenters. The van der Waals surface area contributed by atoms with Crippen LogP contribution in [0.3, 0.4) is 0 Å². The van der Waals surface area contributed by atoms with Crippen LogP contribution in [0, 0.1) is 0 Å². The number of amides is 1. The van der Waals surface area contributed by atoms with E-state index in [9.17, 15) is 13.2 Å². The summed E-state index contributed by atoms with van der Waals surface area (Å²) < 4.78 is 27.4. The molecule has 1 heterocycles. The summed E-state index contributed by atoms with van der Waals surface area (Å²) in [5.41, 5.74) is 2.75. The van der Waals surface area contributed by atoms with Crippen LogP contribution in [-0.4, -0.2) is 38.8 Å². The molecular formula is C24H23ClN2O3S. The maximum absolute atomic E-state index is 13.4. The van der Waals surface area contributed by atoms with Gasteiger partial charge in [-0.25, -0.2) is 8.42 Å². The second kappa shape index (κ2) is 8.83. The Labute approximate surface area is 187 Å². The first-order chi connectivity index (χ1) is 14.9. The number of sulfonamides is 1. The van der Waals surface area contributed by atoms with E-state index in [0.717, 1.165) is 24.0 Å². The zero-order chi connectivity index (χ0) is 22.0. The van der Waals surface area contributed by atoms with Gasteiger partial charge in [0.15, 0.2) is 0 Å². The number of benzene rings is 3. The highest BCUT2D eigenvalue weighted by Crippen LogP contribution is 2.32. The first-order valence-electron chi connectivity index (χ1n) is 10.1. The van der Waals surface area contributed by atoms with E-state index in [1.165, 1.54) is 27.4 Å². The van der Waals surface area contributed by atoms with E-state index in [4.69, 9.17) is 11.6 Å². The Morgan fingerprint density at radius 2 is 1.58 bits per heavy atom. The van der Waals surface area contributed by atoms with E-state index in [1.807, 2.05) is 54.6 Å². The van der Waals surface area contributed by atoms with E-state index in [-0.39, 0.29) is 21.4 Å². The zero-order valence-corrected chi connectivity index (χ0v) is 18.7. The monoisotopic (exact) mass is 454 g/mol. The van der Waals surface area contributed by atoms with E-state index in [1.54, 1.807) is 7.05 Å². The summed E-state index contributed by atoms with van der Waals surface area (Å²) >= 11 is 6.33. The molecule has 31 heavy (non-hydrogen) atoms. The minimum atomic E-state index is -3.65. The van der Waals surface area contributed by atoms with Crippen molar-refractivity contribution < 1.29 is 13.2 Å². The van der Waals surface area contributed by atoms with Crippen molar-refractivity contribution in [3.05, 3.63) is 83.4 Å². The maximum atomic E-state index is 13.4. The Kier molecular flexibility index (Phi) is 6.14. The van der Waals surface area contributed by atoms with Crippen molar-refractivity contribution in [3.63, 3.8) is 0 Å². The van der Waals surface area contributed by atoms with Crippen LogP contribution in [0.2, 0.25) is 5.02 Å². The number of nitrogens with zero attached hydrogens (tertiary/aromatic N) is 2. The molecule has 0 spiro atoms. The average molecular weight is 455 g/mol. The predicted octanol–water partition coefficient (Wildman–Crippen LogP) is 5.07. The summed E-state index contributed by atoms with van der Waals surface area (Å²) in [7, 11) is -1.98. The lowest BCUT2D eigenvalue weighted by Gasteiger charge is -2.22. The number of carbonyl (C=O) groups is 1. The van der Waals surface area contributed by atoms with E-state index >= 15 is 0 Å². The molecule has 0 aliphatic carbocycles. The first kappa shape index (κ1) is 21.6. The van der Waals surface area contributed by atoms with Crippen molar-refractivity contribution in [2.45, 2.75) is 17.7 Å². The Hall–Kier alpha value is -2.67. The van der Waals surface area contributed by atoms with E-state index < -0.39 is 10.0 Å². The van der Waals surface area contributed by atoms with Crippen LogP contribution in [0.25, 0.3) is 11.1 Å². The molecule has 3 aromatic rings. The molecule has 5 nitrogen and oxygen atoms in total. The van der Waals surface area contributed by atoms with Gasteiger partial charge in [0.25, 0.3) is 5.91 Å². The van der Waals surface area contributed by atoms with Gasteiger partial charge >= 0.3 is 0 Å². The molecule has 1 fully saturated rings. The Bertz CT molecular complexity index is 1210. The molecule has 0 bridgehead atoms. The van der Waals surface area contributed by atoms with Crippen LogP contribution in [-0.2, 0) is 10.0 Å². The average Bonchev–Trinajstić information content (AvgIpc) is 3.35. The lowest BCUT2D eigenvalue weighted by atomic mass is 10.0. The fourth-order valence-corrected chi connectivity index (χ4v) is 5.57. The molecule has 1 aliphatic heterocycles. The van der Waals surface area contributed by atoms with E-state index in [0.29, 0.717) is 18.8 Å². The molecule has 0 radical (unpaired) electrons.